The highest BCUT2D eigenvalue weighted by Crippen LogP contribution is 2.20. The normalized spacial score (nSPS) is 11.9. The molecule has 28 heavy (non-hydrogen) atoms. The first kappa shape index (κ1) is 22.0. The summed E-state index contributed by atoms with van der Waals surface area (Å²) in [5.74, 6) is 0.562. The molecule has 4 nitrogen and oxygen atoms in total. The van der Waals surface area contributed by atoms with Crippen LogP contribution < -0.4 is 5.32 Å². The van der Waals surface area contributed by atoms with Crippen molar-refractivity contribution in [2.24, 2.45) is 0 Å². The quantitative estimate of drug-likeness (QED) is 0.636. The topological polar surface area (TPSA) is 49.4 Å². The molecule has 0 saturated carbocycles. The van der Waals surface area contributed by atoms with E-state index in [9.17, 15) is 9.59 Å². The van der Waals surface area contributed by atoms with Gasteiger partial charge in [0.15, 0.2) is 0 Å². The molecule has 2 aromatic carbocycles. The summed E-state index contributed by atoms with van der Waals surface area (Å²) in [7, 11) is 0. The van der Waals surface area contributed by atoms with Crippen molar-refractivity contribution in [3.05, 3.63) is 65.7 Å². The van der Waals surface area contributed by atoms with Crippen molar-refractivity contribution in [1.29, 1.82) is 0 Å². The zero-order valence-corrected chi connectivity index (χ0v) is 18.0. The van der Waals surface area contributed by atoms with Gasteiger partial charge in [-0.25, -0.2) is 0 Å². The summed E-state index contributed by atoms with van der Waals surface area (Å²) in [6.45, 7) is 8.13. The lowest BCUT2D eigenvalue weighted by Gasteiger charge is -2.29. The second-order valence-electron chi connectivity index (χ2n) is 7.26. The van der Waals surface area contributed by atoms with Gasteiger partial charge in [-0.15, -0.1) is 11.8 Å². The second kappa shape index (κ2) is 10.9. The Hall–Kier alpha value is -2.27. The molecule has 0 aliphatic heterocycles. The van der Waals surface area contributed by atoms with Crippen molar-refractivity contribution in [1.82, 2.24) is 10.2 Å². The first-order valence-corrected chi connectivity index (χ1v) is 10.7. The van der Waals surface area contributed by atoms with Crippen LogP contribution in [-0.2, 0) is 16.1 Å². The number of hydrogen-bond donors (Lipinski definition) is 1. The average Bonchev–Trinajstić information content (AvgIpc) is 2.67. The van der Waals surface area contributed by atoms with Gasteiger partial charge in [0.1, 0.15) is 6.04 Å². The molecule has 0 bridgehead atoms. The Labute approximate surface area is 172 Å². The van der Waals surface area contributed by atoms with Crippen LogP contribution in [0.25, 0.3) is 0 Å². The van der Waals surface area contributed by atoms with Crippen molar-refractivity contribution >= 4 is 23.6 Å². The third-order valence-electron chi connectivity index (χ3n) is 4.40. The molecule has 0 aromatic heterocycles. The molecule has 0 radical (unpaired) electrons. The first-order chi connectivity index (χ1) is 13.4. The van der Waals surface area contributed by atoms with Crippen LogP contribution in [0.2, 0.25) is 0 Å². The van der Waals surface area contributed by atoms with Gasteiger partial charge in [-0.05, 0) is 45.4 Å². The number of nitrogens with zero attached hydrogens (tertiary/aromatic N) is 1. The summed E-state index contributed by atoms with van der Waals surface area (Å²) in [5, 5.41) is 2.91. The van der Waals surface area contributed by atoms with Crippen molar-refractivity contribution in [2.45, 2.75) is 57.6 Å². The summed E-state index contributed by atoms with van der Waals surface area (Å²) in [6, 6.07) is 17.6. The van der Waals surface area contributed by atoms with E-state index in [0.717, 1.165) is 10.5 Å². The minimum atomic E-state index is -0.514. The lowest BCUT2D eigenvalue weighted by molar-refractivity contribution is -0.140. The van der Waals surface area contributed by atoms with E-state index >= 15 is 0 Å². The van der Waals surface area contributed by atoms with Crippen molar-refractivity contribution in [3.63, 3.8) is 0 Å². The van der Waals surface area contributed by atoms with Gasteiger partial charge in [-0.3, -0.25) is 9.59 Å². The van der Waals surface area contributed by atoms with Crippen LogP contribution >= 0.6 is 11.8 Å². The highest BCUT2D eigenvalue weighted by Gasteiger charge is 2.26. The fourth-order valence-electron chi connectivity index (χ4n) is 2.80. The van der Waals surface area contributed by atoms with E-state index < -0.39 is 6.04 Å². The summed E-state index contributed by atoms with van der Waals surface area (Å²) < 4.78 is 0. The molecule has 0 aliphatic rings. The molecule has 2 rings (SSSR count). The second-order valence-corrected chi connectivity index (χ2v) is 8.43. The number of thioether (sulfide) groups is 1. The Morgan fingerprint density at radius 1 is 1.00 bits per heavy atom. The number of amides is 2. The molecule has 0 spiro atoms. The lowest BCUT2D eigenvalue weighted by atomic mass is 10.1. The SMILES string of the molecule is Cc1ccc(SCCC(=O)N(Cc2ccccc2)[C@H](C)C(=O)NC(C)C)cc1. The number of carbonyl (C=O) groups is 2. The molecule has 150 valence electrons. The summed E-state index contributed by atoms with van der Waals surface area (Å²) >= 11 is 1.66. The van der Waals surface area contributed by atoms with Crippen LogP contribution in [0.4, 0.5) is 0 Å². The monoisotopic (exact) mass is 398 g/mol. The number of aryl methyl sites for hydroxylation is 1. The molecule has 0 unspecified atom stereocenters. The fraction of sp³-hybridized carbons (Fsp3) is 0.391. The Bertz CT molecular complexity index is 760. The highest BCUT2D eigenvalue weighted by atomic mass is 32.2. The third kappa shape index (κ3) is 7.04. The Morgan fingerprint density at radius 3 is 2.25 bits per heavy atom. The molecule has 1 N–H and O–H groups in total. The molecular weight excluding hydrogens is 368 g/mol. The van der Waals surface area contributed by atoms with Gasteiger partial charge in [-0.2, -0.15) is 0 Å². The number of carbonyl (C=O) groups excluding carboxylic acids is 2. The van der Waals surface area contributed by atoms with E-state index in [2.05, 4.69) is 36.5 Å². The number of nitrogens with one attached hydrogen (secondary N) is 1. The predicted octanol–water partition coefficient (Wildman–Crippen LogP) is 4.42. The number of rotatable bonds is 9. The molecule has 2 amide bonds. The minimum absolute atomic E-state index is 0.00475. The molecule has 0 fully saturated rings. The van der Waals surface area contributed by atoms with Crippen LogP contribution in [0, 0.1) is 6.92 Å². The maximum absolute atomic E-state index is 13.0. The molecule has 0 heterocycles. The van der Waals surface area contributed by atoms with E-state index in [0.29, 0.717) is 18.7 Å². The van der Waals surface area contributed by atoms with E-state index in [1.807, 2.05) is 44.2 Å². The van der Waals surface area contributed by atoms with Gasteiger partial charge in [0.2, 0.25) is 11.8 Å². The standard InChI is InChI=1S/C23H30N2O2S/c1-17(2)24-23(27)19(4)25(16-20-8-6-5-7-9-20)22(26)14-15-28-21-12-10-18(3)11-13-21/h5-13,17,19H,14-16H2,1-4H3,(H,24,27)/t19-/m1/s1. The van der Waals surface area contributed by atoms with E-state index in [1.165, 1.54) is 5.56 Å². The van der Waals surface area contributed by atoms with Crippen LogP contribution in [-0.4, -0.2) is 34.6 Å². The van der Waals surface area contributed by atoms with Crippen LogP contribution in [0.3, 0.4) is 0 Å². The van der Waals surface area contributed by atoms with E-state index in [4.69, 9.17) is 0 Å². The van der Waals surface area contributed by atoms with Gasteiger partial charge < -0.3 is 10.2 Å². The van der Waals surface area contributed by atoms with Crippen LogP contribution in [0.1, 0.15) is 38.3 Å². The zero-order valence-electron chi connectivity index (χ0n) is 17.1. The molecule has 0 aliphatic carbocycles. The maximum Gasteiger partial charge on any atom is 0.242 e. The lowest BCUT2D eigenvalue weighted by Crippen LogP contribution is -2.49. The third-order valence-corrected chi connectivity index (χ3v) is 5.41. The molecule has 2 aromatic rings. The summed E-state index contributed by atoms with van der Waals surface area (Å²) in [4.78, 5) is 28.3. The average molecular weight is 399 g/mol. The van der Waals surface area contributed by atoms with Crippen LogP contribution in [0.15, 0.2) is 59.5 Å². The zero-order chi connectivity index (χ0) is 20.5. The molecule has 1 atom stereocenters. The van der Waals surface area contributed by atoms with Gasteiger partial charge in [0.25, 0.3) is 0 Å². The Balaban J connectivity index is 2.02. The Kier molecular flexibility index (Phi) is 8.58. The number of hydrogen-bond acceptors (Lipinski definition) is 3. The number of benzene rings is 2. The van der Waals surface area contributed by atoms with Gasteiger partial charge in [-0.1, -0.05) is 48.0 Å². The fourth-order valence-corrected chi connectivity index (χ4v) is 3.64. The highest BCUT2D eigenvalue weighted by molar-refractivity contribution is 7.99. The van der Waals surface area contributed by atoms with Gasteiger partial charge >= 0.3 is 0 Å². The summed E-state index contributed by atoms with van der Waals surface area (Å²) in [6.07, 6.45) is 0.394. The molecule has 5 heteroatoms. The van der Waals surface area contributed by atoms with Crippen molar-refractivity contribution in [2.75, 3.05) is 5.75 Å². The molecule has 0 saturated heterocycles. The van der Waals surface area contributed by atoms with Gasteiger partial charge in [0.05, 0.1) is 0 Å². The minimum Gasteiger partial charge on any atom is -0.352 e. The van der Waals surface area contributed by atoms with E-state index in [1.54, 1.807) is 23.6 Å². The summed E-state index contributed by atoms with van der Waals surface area (Å²) in [5.41, 5.74) is 2.24. The van der Waals surface area contributed by atoms with Crippen LogP contribution in [0.5, 0.6) is 0 Å². The van der Waals surface area contributed by atoms with E-state index in [-0.39, 0.29) is 17.9 Å². The Morgan fingerprint density at radius 2 is 1.64 bits per heavy atom. The predicted molar refractivity (Wildman–Crippen MR) is 116 cm³/mol. The van der Waals surface area contributed by atoms with Crippen molar-refractivity contribution < 1.29 is 9.59 Å². The smallest absolute Gasteiger partial charge is 0.242 e. The van der Waals surface area contributed by atoms with Crippen molar-refractivity contribution in [3.8, 4) is 0 Å². The molecular formula is C23H30N2O2S. The first-order valence-electron chi connectivity index (χ1n) is 9.70. The largest absolute Gasteiger partial charge is 0.352 e. The van der Waals surface area contributed by atoms with Gasteiger partial charge in [0, 0.05) is 29.7 Å². The maximum atomic E-state index is 13.0.